The molecule has 1 saturated heterocycles. The van der Waals surface area contributed by atoms with E-state index in [-0.39, 0.29) is 17.9 Å². The molecule has 0 unspecified atom stereocenters. The highest BCUT2D eigenvalue weighted by molar-refractivity contribution is 7.13. The number of likely N-dealkylation sites (tertiary alicyclic amines) is 1. The van der Waals surface area contributed by atoms with Crippen LogP contribution in [0.4, 0.5) is 5.69 Å². The van der Waals surface area contributed by atoms with E-state index >= 15 is 0 Å². The Morgan fingerprint density at radius 2 is 2.00 bits per heavy atom. The zero-order valence-electron chi connectivity index (χ0n) is 17.5. The summed E-state index contributed by atoms with van der Waals surface area (Å²) in [4.78, 5) is 27.4. The quantitative estimate of drug-likeness (QED) is 0.631. The summed E-state index contributed by atoms with van der Waals surface area (Å²) < 4.78 is 5.25. The molecule has 2 heterocycles. The molecule has 0 aliphatic carbocycles. The van der Waals surface area contributed by atoms with Crippen LogP contribution in [0.5, 0.6) is 5.75 Å². The monoisotopic (exact) mass is 436 g/mol. The lowest BCUT2D eigenvalue weighted by atomic mass is 10.1. The minimum Gasteiger partial charge on any atom is -0.497 e. The average Bonchev–Trinajstić information content (AvgIpc) is 3.45. The van der Waals surface area contributed by atoms with Crippen molar-refractivity contribution in [2.45, 2.75) is 32.2 Å². The SMILES string of the molecule is COc1cccc(CC(=O)N2CCC[C@@H]2c2nnc(C(=O)Nc3ccc(C)cc3)s2)c1. The molecule has 2 amide bonds. The molecular weight excluding hydrogens is 412 g/mol. The Morgan fingerprint density at radius 1 is 1.19 bits per heavy atom. The number of amides is 2. The number of hydrogen-bond acceptors (Lipinski definition) is 6. The number of ether oxygens (including phenoxy) is 1. The van der Waals surface area contributed by atoms with Gasteiger partial charge in [0.15, 0.2) is 0 Å². The summed E-state index contributed by atoms with van der Waals surface area (Å²) in [6.45, 7) is 2.67. The third-order valence-corrected chi connectivity index (χ3v) is 6.32. The van der Waals surface area contributed by atoms with Gasteiger partial charge in [0.1, 0.15) is 10.8 Å². The minimum absolute atomic E-state index is 0.0385. The largest absolute Gasteiger partial charge is 0.497 e. The third-order valence-electron chi connectivity index (χ3n) is 5.29. The summed E-state index contributed by atoms with van der Waals surface area (Å²) in [5.41, 5.74) is 2.74. The van der Waals surface area contributed by atoms with Gasteiger partial charge < -0.3 is 15.0 Å². The van der Waals surface area contributed by atoms with E-state index in [1.165, 1.54) is 11.3 Å². The number of anilines is 1. The molecule has 31 heavy (non-hydrogen) atoms. The number of hydrogen-bond donors (Lipinski definition) is 1. The molecule has 0 radical (unpaired) electrons. The lowest BCUT2D eigenvalue weighted by Crippen LogP contribution is -2.31. The fourth-order valence-electron chi connectivity index (χ4n) is 3.66. The van der Waals surface area contributed by atoms with Gasteiger partial charge >= 0.3 is 0 Å². The van der Waals surface area contributed by atoms with E-state index in [2.05, 4.69) is 15.5 Å². The molecule has 0 saturated carbocycles. The molecule has 2 aromatic carbocycles. The number of carbonyl (C=O) groups excluding carboxylic acids is 2. The topological polar surface area (TPSA) is 84.4 Å². The zero-order chi connectivity index (χ0) is 21.8. The summed E-state index contributed by atoms with van der Waals surface area (Å²) in [5.74, 6) is 0.480. The number of nitrogens with one attached hydrogen (secondary N) is 1. The maximum absolute atomic E-state index is 13.0. The first kappa shape index (κ1) is 21.0. The van der Waals surface area contributed by atoms with Crippen molar-refractivity contribution >= 4 is 28.8 Å². The van der Waals surface area contributed by atoms with Crippen molar-refractivity contribution in [3.05, 3.63) is 69.7 Å². The van der Waals surface area contributed by atoms with Gasteiger partial charge in [-0.15, -0.1) is 10.2 Å². The van der Waals surface area contributed by atoms with Gasteiger partial charge in [-0.1, -0.05) is 41.2 Å². The Kier molecular flexibility index (Phi) is 6.27. The zero-order valence-corrected chi connectivity index (χ0v) is 18.3. The molecular formula is C23H24N4O3S. The Bertz CT molecular complexity index is 1080. The van der Waals surface area contributed by atoms with Crippen LogP contribution in [0, 0.1) is 6.92 Å². The maximum Gasteiger partial charge on any atom is 0.286 e. The van der Waals surface area contributed by atoms with Crippen molar-refractivity contribution in [1.29, 1.82) is 0 Å². The molecule has 3 aromatic rings. The van der Waals surface area contributed by atoms with E-state index in [4.69, 9.17) is 4.74 Å². The molecule has 160 valence electrons. The first-order valence-electron chi connectivity index (χ1n) is 10.2. The molecule has 1 aliphatic rings. The Morgan fingerprint density at radius 3 is 2.77 bits per heavy atom. The normalized spacial score (nSPS) is 15.7. The highest BCUT2D eigenvalue weighted by Gasteiger charge is 2.33. The van der Waals surface area contributed by atoms with E-state index in [9.17, 15) is 9.59 Å². The number of rotatable bonds is 6. The standard InChI is InChI=1S/C23H24N4O3S/c1-15-8-10-17(11-9-15)24-21(29)23-26-25-22(31-23)19-7-4-12-27(19)20(28)14-16-5-3-6-18(13-16)30-2/h3,5-6,8-11,13,19H,4,7,12,14H2,1-2H3,(H,24,29)/t19-/m1/s1. The van der Waals surface area contributed by atoms with Gasteiger partial charge in [-0.05, 0) is 49.6 Å². The van der Waals surface area contributed by atoms with Crippen molar-refractivity contribution in [2.24, 2.45) is 0 Å². The van der Waals surface area contributed by atoms with E-state index in [1.807, 2.05) is 60.4 Å². The van der Waals surface area contributed by atoms with Gasteiger partial charge in [0.05, 0.1) is 19.6 Å². The van der Waals surface area contributed by atoms with Crippen LogP contribution >= 0.6 is 11.3 Å². The molecule has 1 atom stereocenters. The minimum atomic E-state index is -0.292. The van der Waals surface area contributed by atoms with Gasteiger partial charge in [0, 0.05) is 12.2 Å². The lowest BCUT2D eigenvalue weighted by Gasteiger charge is -2.22. The van der Waals surface area contributed by atoms with Gasteiger partial charge in [-0.2, -0.15) is 0 Å². The van der Waals surface area contributed by atoms with Gasteiger partial charge in [-0.25, -0.2) is 0 Å². The van der Waals surface area contributed by atoms with Crippen LogP contribution in [0.25, 0.3) is 0 Å². The molecule has 0 spiro atoms. The van der Waals surface area contributed by atoms with E-state index < -0.39 is 0 Å². The van der Waals surface area contributed by atoms with Crippen molar-refractivity contribution < 1.29 is 14.3 Å². The fourth-order valence-corrected chi connectivity index (χ4v) is 4.55. The predicted molar refractivity (Wildman–Crippen MR) is 119 cm³/mol. The third kappa shape index (κ3) is 4.91. The maximum atomic E-state index is 13.0. The Hall–Kier alpha value is -3.26. The highest BCUT2D eigenvalue weighted by atomic mass is 32.1. The summed E-state index contributed by atoms with van der Waals surface area (Å²) in [6, 6.07) is 15.0. The molecule has 1 fully saturated rings. The van der Waals surface area contributed by atoms with E-state index in [0.717, 1.165) is 29.7 Å². The van der Waals surface area contributed by atoms with E-state index in [0.29, 0.717) is 28.7 Å². The molecule has 1 aromatic heterocycles. The van der Waals surface area contributed by atoms with Crippen molar-refractivity contribution in [2.75, 3.05) is 19.0 Å². The van der Waals surface area contributed by atoms with Crippen LogP contribution in [-0.2, 0) is 11.2 Å². The smallest absolute Gasteiger partial charge is 0.286 e. The number of aryl methyl sites for hydroxylation is 1. The van der Waals surface area contributed by atoms with Gasteiger partial charge in [-0.3, -0.25) is 9.59 Å². The second-order valence-electron chi connectivity index (χ2n) is 7.54. The molecule has 1 aliphatic heterocycles. The molecule has 4 rings (SSSR count). The number of aromatic nitrogens is 2. The number of nitrogens with zero attached hydrogens (tertiary/aromatic N) is 3. The number of methoxy groups -OCH3 is 1. The Labute approximate surface area is 185 Å². The van der Waals surface area contributed by atoms with Crippen LogP contribution < -0.4 is 10.1 Å². The van der Waals surface area contributed by atoms with Crippen molar-refractivity contribution in [3.63, 3.8) is 0 Å². The van der Waals surface area contributed by atoms with Crippen LogP contribution in [0.3, 0.4) is 0 Å². The van der Waals surface area contributed by atoms with Crippen LogP contribution in [-0.4, -0.2) is 40.6 Å². The second-order valence-corrected chi connectivity index (χ2v) is 8.55. The number of carbonyl (C=O) groups is 2. The summed E-state index contributed by atoms with van der Waals surface area (Å²) in [7, 11) is 1.61. The van der Waals surface area contributed by atoms with Gasteiger partial charge in [0.2, 0.25) is 10.9 Å². The Balaban J connectivity index is 1.43. The second kappa shape index (κ2) is 9.26. The molecule has 0 bridgehead atoms. The first-order valence-corrected chi connectivity index (χ1v) is 11.0. The lowest BCUT2D eigenvalue weighted by molar-refractivity contribution is -0.131. The molecule has 7 nitrogen and oxygen atoms in total. The summed E-state index contributed by atoms with van der Waals surface area (Å²) >= 11 is 1.25. The van der Waals surface area contributed by atoms with Crippen molar-refractivity contribution in [3.8, 4) is 5.75 Å². The highest BCUT2D eigenvalue weighted by Crippen LogP contribution is 2.34. The first-order chi connectivity index (χ1) is 15.0. The summed E-state index contributed by atoms with van der Waals surface area (Å²) in [6.07, 6.45) is 2.02. The van der Waals surface area contributed by atoms with Gasteiger partial charge in [0.25, 0.3) is 5.91 Å². The van der Waals surface area contributed by atoms with Crippen LogP contribution in [0.2, 0.25) is 0 Å². The van der Waals surface area contributed by atoms with Crippen molar-refractivity contribution in [1.82, 2.24) is 15.1 Å². The molecule has 8 heteroatoms. The fraction of sp³-hybridized carbons (Fsp3) is 0.304. The van der Waals surface area contributed by atoms with Crippen LogP contribution in [0.1, 0.15) is 44.8 Å². The average molecular weight is 437 g/mol. The molecule has 1 N–H and O–H groups in total. The van der Waals surface area contributed by atoms with Crippen LogP contribution in [0.15, 0.2) is 48.5 Å². The van der Waals surface area contributed by atoms with E-state index in [1.54, 1.807) is 7.11 Å². The number of benzene rings is 2. The summed E-state index contributed by atoms with van der Waals surface area (Å²) in [5, 5.41) is 12.1. The predicted octanol–water partition coefficient (Wildman–Crippen LogP) is 4.01.